The summed E-state index contributed by atoms with van der Waals surface area (Å²) in [6, 6.07) is 34.3. The van der Waals surface area contributed by atoms with Crippen molar-refractivity contribution in [3.63, 3.8) is 0 Å². The Kier molecular flexibility index (Phi) is 4.35. The van der Waals surface area contributed by atoms with Gasteiger partial charge in [0.15, 0.2) is 0 Å². The van der Waals surface area contributed by atoms with Gasteiger partial charge in [-0.2, -0.15) is 0 Å². The molecule has 6 aromatic rings. The Morgan fingerprint density at radius 1 is 0.531 bits per heavy atom. The Morgan fingerprint density at radius 3 is 1.81 bits per heavy atom. The van der Waals surface area contributed by atoms with E-state index in [0.29, 0.717) is 11.0 Å². The normalized spacial score (nSPS) is 11.4. The van der Waals surface area contributed by atoms with Gasteiger partial charge in [0.1, 0.15) is 11.2 Å². The predicted molar refractivity (Wildman–Crippen MR) is 132 cm³/mol. The van der Waals surface area contributed by atoms with Gasteiger partial charge in [-0.1, -0.05) is 97.1 Å². The van der Waals surface area contributed by atoms with Gasteiger partial charge in [0.2, 0.25) is 0 Å². The van der Waals surface area contributed by atoms with Gasteiger partial charge in [-0.05, 0) is 39.1 Å². The first-order valence-corrected chi connectivity index (χ1v) is 10.6. The lowest BCUT2D eigenvalue weighted by atomic mass is 9.72. The maximum atomic E-state index is 10.5. The Hall–Kier alpha value is -3.86. The molecule has 0 atom stereocenters. The molecule has 0 fully saturated rings. The molecule has 5 aromatic carbocycles. The van der Waals surface area contributed by atoms with Gasteiger partial charge < -0.3 is 14.5 Å². The SMILES string of the molecule is OB(O)c1c(-c2ccc(-c3ccccc3)cc2)c2ccccc2c2c1oc1ccccc12. The summed E-state index contributed by atoms with van der Waals surface area (Å²) in [5, 5.41) is 24.8. The van der Waals surface area contributed by atoms with Crippen LogP contribution in [0.15, 0.2) is 108 Å². The highest BCUT2D eigenvalue weighted by molar-refractivity contribution is 6.65. The van der Waals surface area contributed by atoms with Gasteiger partial charge in [0, 0.05) is 16.2 Å². The Bertz CT molecular complexity index is 1580. The molecule has 1 aromatic heterocycles. The van der Waals surface area contributed by atoms with E-state index in [1.54, 1.807) is 0 Å². The van der Waals surface area contributed by atoms with Crippen LogP contribution in [0.3, 0.4) is 0 Å². The Balaban J connectivity index is 1.69. The molecule has 0 spiro atoms. The smallest absolute Gasteiger partial charge is 0.456 e. The molecule has 0 radical (unpaired) electrons. The van der Waals surface area contributed by atoms with E-state index < -0.39 is 7.12 Å². The molecule has 3 nitrogen and oxygen atoms in total. The lowest BCUT2D eigenvalue weighted by molar-refractivity contribution is 0.426. The van der Waals surface area contributed by atoms with Gasteiger partial charge in [0.05, 0.1) is 0 Å². The first kappa shape index (κ1) is 18.9. The number of benzene rings is 5. The first-order chi connectivity index (χ1) is 15.7. The molecule has 6 rings (SSSR count). The number of hydrogen-bond donors (Lipinski definition) is 2. The minimum atomic E-state index is -1.67. The van der Waals surface area contributed by atoms with E-state index in [4.69, 9.17) is 4.42 Å². The summed E-state index contributed by atoms with van der Waals surface area (Å²) in [6.45, 7) is 0. The van der Waals surface area contributed by atoms with Crippen LogP contribution in [-0.4, -0.2) is 17.2 Å². The minimum absolute atomic E-state index is 0.391. The maximum absolute atomic E-state index is 10.5. The molecule has 1 heterocycles. The zero-order chi connectivity index (χ0) is 21.7. The van der Waals surface area contributed by atoms with Crippen LogP contribution in [-0.2, 0) is 0 Å². The Morgan fingerprint density at radius 2 is 1.09 bits per heavy atom. The zero-order valence-corrected chi connectivity index (χ0v) is 17.2. The lowest BCUT2D eigenvalue weighted by Crippen LogP contribution is -2.32. The van der Waals surface area contributed by atoms with E-state index in [1.165, 1.54) is 0 Å². The average molecular weight is 414 g/mol. The second-order valence-electron chi connectivity index (χ2n) is 7.95. The van der Waals surface area contributed by atoms with Crippen molar-refractivity contribution in [2.45, 2.75) is 0 Å². The largest absolute Gasteiger partial charge is 0.492 e. The summed E-state index contributed by atoms with van der Waals surface area (Å²) in [7, 11) is -1.67. The van der Waals surface area contributed by atoms with Gasteiger partial charge in [-0.15, -0.1) is 0 Å². The topological polar surface area (TPSA) is 53.6 Å². The molecule has 0 saturated carbocycles. The van der Waals surface area contributed by atoms with Crippen molar-refractivity contribution in [2.24, 2.45) is 0 Å². The van der Waals surface area contributed by atoms with Crippen molar-refractivity contribution in [1.29, 1.82) is 0 Å². The molecule has 0 aliphatic carbocycles. The van der Waals surface area contributed by atoms with Crippen LogP contribution in [0.25, 0.3) is 55.0 Å². The molecule has 0 amide bonds. The number of hydrogen-bond acceptors (Lipinski definition) is 3. The molecule has 2 N–H and O–H groups in total. The predicted octanol–water partition coefficient (Wildman–Crippen LogP) is 5.75. The highest BCUT2D eigenvalue weighted by atomic mass is 16.4. The van der Waals surface area contributed by atoms with E-state index in [2.05, 4.69) is 30.3 Å². The second-order valence-corrected chi connectivity index (χ2v) is 7.95. The van der Waals surface area contributed by atoms with Crippen molar-refractivity contribution >= 4 is 45.3 Å². The van der Waals surface area contributed by atoms with Gasteiger partial charge in [0.25, 0.3) is 0 Å². The summed E-state index contributed by atoms with van der Waals surface area (Å²) < 4.78 is 6.19. The molecule has 0 saturated heterocycles. The molecule has 0 bridgehead atoms. The number of fused-ring (bicyclic) bond motifs is 5. The monoisotopic (exact) mass is 414 g/mol. The third-order valence-corrected chi connectivity index (χ3v) is 6.11. The molecule has 0 aliphatic rings. The standard InChI is InChI=1S/C28H19BO3/c30-29(31)27-25(20-16-14-19(15-17-20)18-8-2-1-3-9-18)21-10-4-5-11-22(21)26-23-12-6-7-13-24(23)32-28(26)27/h1-17,30-31H. The Labute approximate surface area is 185 Å². The third kappa shape index (κ3) is 2.85. The lowest BCUT2D eigenvalue weighted by Gasteiger charge is -2.15. The van der Waals surface area contributed by atoms with E-state index in [1.807, 2.05) is 72.8 Å². The van der Waals surface area contributed by atoms with Crippen molar-refractivity contribution in [2.75, 3.05) is 0 Å². The molecule has 0 aliphatic heterocycles. The minimum Gasteiger partial charge on any atom is -0.456 e. The van der Waals surface area contributed by atoms with Crippen LogP contribution < -0.4 is 5.46 Å². The van der Waals surface area contributed by atoms with Crippen LogP contribution in [0.5, 0.6) is 0 Å². The van der Waals surface area contributed by atoms with Gasteiger partial charge >= 0.3 is 7.12 Å². The van der Waals surface area contributed by atoms with Gasteiger partial charge in [-0.3, -0.25) is 0 Å². The fraction of sp³-hybridized carbons (Fsp3) is 0. The third-order valence-electron chi connectivity index (χ3n) is 6.11. The van der Waals surface area contributed by atoms with Crippen molar-refractivity contribution in [3.8, 4) is 22.3 Å². The van der Waals surface area contributed by atoms with Crippen LogP contribution in [0.2, 0.25) is 0 Å². The highest BCUT2D eigenvalue weighted by Gasteiger charge is 2.27. The first-order valence-electron chi connectivity index (χ1n) is 10.6. The quantitative estimate of drug-likeness (QED) is 0.363. The molecular formula is C28H19BO3. The van der Waals surface area contributed by atoms with Crippen molar-refractivity contribution < 1.29 is 14.5 Å². The summed E-state index contributed by atoms with van der Waals surface area (Å²) in [6.07, 6.45) is 0. The maximum Gasteiger partial charge on any atom is 0.492 e. The highest BCUT2D eigenvalue weighted by Crippen LogP contribution is 2.39. The number of para-hydroxylation sites is 1. The summed E-state index contributed by atoms with van der Waals surface area (Å²) in [5.74, 6) is 0. The number of furan rings is 1. The fourth-order valence-corrected chi connectivity index (χ4v) is 4.70. The molecule has 4 heteroatoms. The van der Waals surface area contributed by atoms with E-state index in [0.717, 1.165) is 49.4 Å². The van der Waals surface area contributed by atoms with Crippen molar-refractivity contribution in [1.82, 2.24) is 0 Å². The van der Waals surface area contributed by atoms with Crippen LogP contribution >= 0.6 is 0 Å². The van der Waals surface area contributed by atoms with Crippen LogP contribution in [0.1, 0.15) is 0 Å². The molecule has 32 heavy (non-hydrogen) atoms. The molecule has 0 unspecified atom stereocenters. The van der Waals surface area contributed by atoms with E-state index in [-0.39, 0.29) is 0 Å². The van der Waals surface area contributed by atoms with Crippen LogP contribution in [0, 0.1) is 0 Å². The zero-order valence-electron chi connectivity index (χ0n) is 17.2. The number of rotatable bonds is 3. The summed E-state index contributed by atoms with van der Waals surface area (Å²) in [4.78, 5) is 0. The average Bonchev–Trinajstić information content (AvgIpc) is 3.23. The second kappa shape index (κ2) is 7.38. The van der Waals surface area contributed by atoms with Crippen LogP contribution in [0.4, 0.5) is 0 Å². The van der Waals surface area contributed by atoms with Gasteiger partial charge in [-0.25, -0.2) is 0 Å². The molecular weight excluding hydrogens is 395 g/mol. The van der Waals surface area contributed by atoms with E-state index >= 15 is 0 Å². The summed E-state index contributed by atoms with van der Waals surface area (Å²) in [5.41, 5.74) is 5.57. The fourth-order valence-electron chi connectivity index (χ4n) is 4.70. The summed E-state index contributed by atoms with van der Waals surface area (Å²) >= 11 is 0. The van der Waals surface area contributed by atoms with E-state index in [9.17, 15) is 10.0 Å². The van der Waals surface area contributed by atoms with Crippen molar-refractivity contribution in [3.05, 3.63) is 103 Å². The molecule has 152 valence electrons.